The third-order valence-corrected chi connectivity index (χ3v) is 2.48. The van der Waals surface area contributed by atoms with Gasteiger partial charge in [0.1, 0.15) is 5.75 Å². The van der Waals surface area contributed by atoms with Crippen molar-refractivity contribution in [1.29, 1.82) is 0 Å². The number of nitrogens with two attached hydrogens (primary N) is 1. The molecule has 1 aromatic carbocycles. The van der Waals surface area contributed by atoms with Crippen molar-refractivity contribution in [2.24, 2.45) is 11.1 Å². The molecule has 0 saturated heterocycles. The Bertz CT molecular complexity index is 336. The van der Waals surface area contributed by atoms with Gasteiger partial charge < -0.3 is 15.9 Å². The molecule has 0 aliphatic heterocycles. The van der Waals surface area contributed by atoms with E-state index >= 15 is 0 Å². The number of hydrogen-bond acceptors (Lipinski definition) is 3. The second-order valence-electron chi connectivity index (χ2n) is 4.93. The summed E-state index contributed by atoms with van der Waals surface area (Å²) in [6.45, 7) is 5.79. The van der Waals surface area contributed by atoms with E-state index in [2.05, 4.69) is 0 Å². The van der Waals surface area contributed by atoms with Crippen LogP contribution in [-0.2, 0) is 0 Å². The molecule has 0 spiro atoms. The fourth-order valence-electron chi connectivity index (χ4n) is 1.45. The van der Waals surface area contributed by atoms with Crippen LogP contribution in [0.4, 0.5) is 0 Å². The van der Waals surface area contributed by atoms with Gasteiger partial charge in [0, 0.05) is 0 Å². The number of rotatable bonds is 2. The van der Waals surface area contributed by atoms with Gasteiger partial charge in [0.2, 0.25) is 0 Å². The highest BCUT2D eigenvalue weighted by Gasteiger charge is 2.28. The molecule has 0 heterocycles. The largest absolute Gasteiger partial charge is 0.508 e. The Morgan fingerprint density at radius 1 is 1.25 bits per heavy atom. The molecule has 1 rings (SSSR count). The van der Waals surface area contributed by atoms with Crippen LogP contribution in [0.15, 0.2) is 24.3 Å². The van der Waals surface area contributed by atoms with Gasteiger partial charge in [-0.3, -0.25) is 0 Å². The minimum atomic E-state index is -0.640. The third-order valence-electron chi connectivity index (χ3n) is 2.48. The summed E-state index contributed by atoms with van der Waals surface area (Å²) in [5, 5.41) is 19.3. The Labute approximate surface area is 103 Å². The van der Waals surface area contributed by atoms with E-state index in [0.29, 0.717) is 0 Å². The zero-order chi connectivity index (χ0) is 11.6. The summed E-state index contributed by atoms with van der Waals surface area (Å²) in [5.41, 5.74) is 6.41. The van der Waals surface area contributed by atoms with Crippen LogP contribution in [-0.4, -0.2) is 16.3 Å². The number of aliphatic hydroxyl groups excluding tert-OH is 1. The maximum atomic E-state index is 9.99. The smallest absolute Gasteiger partial charge is 0.115 e. The summed E-state index contributed by atoms with van der Waals surface area (Å²) in [7, 11) is 0. The molecule has 0 aliphatic rings. The average molecular weight is 246 g/mol. The summed E-state index contributed by atoms with van der Waals surface area (Å²) in [5.74, 6) is 0.170. The van der Waals surface area contributed by atoms with E-state index in [4.69, 9.17) is 5.73 Å². The van der Waals surface area contributed by atoms with E-state index < -0.39 is 12.1 Å². The van der Waals surface area contributed by atoms with Crippen molar-refractivity contribution in [2.75, 3.05) is 0 Å². The van der Waals surface area contributed by atoms with Crippen molar-refractivity contribution in [2.45, 2.75) is 32.9 Å². The summed E-state index contributed by atoms with van der Waals surface area (Å²) in [6, 6.07) is 6.22. The third kappa shape index (κ3) is 3.67. The zero-order valence-corrected chi connectivity index (χ0v) is 10.7. The molecule has 0 amide bonds. The highest BCUT2D eigenvalue weighted by Crippen LogP contribution is 2.29. The molecule has 92 valence electrons. The first kappa shape index (κ1) is 15.2. The van der Waals surface area contributed by atoms with Crippen LogP contribution in [0.5, 0.6) is 5.75 Å². The average Bonchev–Trinajstić information content (AvgIpc) is 2.14. The summed E-state index contributed by atoms with van der Waals surface area (Å²) in [4.78, 5) is 0. The van der Waals surface area contributed by atoms with Gasteiger partial charge in [-0.05, 0) is 23.1 Å². The van der Waals surface area contributed by atoms with Crippen molar-refractivity contribution in [1.82, 2.24) is 0 Å². The molecular weight excluding hydrogens is 226 g/mol. The first-order valence-electron chi connectivity index (χ1n) is 5.05. The fourth-order valence-corrected chi connectivity index (χ4v) is 1.45. The molecule has 2 atom stereocenters. The maximum absolute atomic E-state index is 9.99. The van der Waals surface area contributed by atoms with Crippen molar-refractivity contribution in [3.05, 3.63) is 29.8 Å². The number of benzene rings is 1. The minimum Gasteiger partial charge on any atom is -0.508 e. The van der Waals surface area contributed by atoms with Gasteiger partial charge in [-0.1, -0.05) is 32.9 Å². The zero-order valence-electron chi connectivity index (χ0n) is 9.84. The molecule has 3 nitrogen and oxygen atoms in total. The molecule has 16 heavy (non-hydrogen) atoms. The molecular formula is C12H20ClNO2. The number of phenols is 1. The molecule has 4 heteroatoms. The van der Waals surface area contributed by atoms with Gasteiger partial charge in [0.15, 0.2) is 0 Å². The molecule has 0 unspecified atom stereocenters. The molecule has 0 fully saturated rings. The van der Waals surface area contributed by atoms with Crippen molar-refractivity contribution in [3.8, 4) is 5.75 Å². The second-order valence-corrected chi connectivity index (χ2v) is 4.93. The second kappa shape index (κ2) is 5.53. The number of halogens is 1. The molecule has 0 radical (unpaired) electrons. The van der Waals surface area contributed by atoms with E-state index in [1.54, 1.807) is 24.3 Å². The SMILES string of the molecule is CC(C)(C)[C@H](O)[C@H](N)c1cccc(O)c1.Cl. The fraction of sp³-hybridized carbons (Fsp3) is 0.500. The highest BCUT2D eigenvalue weighted by molar-refractivity contribution is 5.85. The Morgan fingerprint density at radius 3 is 2.25 bits per heavy atom. The molecule has 0 saturated carbocycles. The summed E-state index contributed by atoms with van der Waals surface area (Å²) in [6.07, 6.45) is -0.640. The van der Waals surface area contributed by atoms with Crippen LogP contribution < -0.4 is 5.73 Å². The van der Waals surface area contributed by atoms with Crippen molar-refractivity contribution < 1.29 is 10.2 Å². The Hall–Kier alpha value is -0.770. The Balaban J connectivity index is 0.00000225. The standard InChI is InChI=1S/C12H19NO2.ClH/c1-12(2,3)11(15)10(13)8-5-4-6-9(14)7-8;/h4-7,10-11,14-15H,13H2,1-3H3;1H/t10-,11-;/m1./s1. The van der Waals surface area contributed by atoms with E-state index in [1.165, 1.54) is 0 Å². The van der Waals surface area contributed by atoms with Crippen LogP contribution in [0.25, 0.3) is 0 Å². The first-order valence-corrected chi connectivity index (χ1v) is 5.05. The summed E-state index contributed by atoms with van der Waals surface area (Å²) < 4.78 is 0. The quantitative estimate of drug-likeness (QED) is 0.749. The van der Waals surface area contributed by atoms with Crippen molar-refractivity contribution >= 4 is 12.4 Å². The van der Waals surface area contributed by atoms with Crippen LogP contribution >= 0.6 is 12.4 Å². The molecule has 0 aliphatic carbocycles. The van der Waals surface area contributed by atoms with Gasteiger partial charge in [-0.2, -0.15) is 0 Å². The topological polar surface area (TPSA) is 66.5 Å². The highest BCUT2D eigenvalue weighted by atomic mass is 35.5. The van der Waals surface area contributed by atoms with E-state index in [9.17, 15) is 10.2 Å². The Morgan fingerprint density at radius 2 is 1.81 bits per heavy atom. The lowest BCUT2D eigenvalue weighted by atomic mass is 9.82. The predicted molar refractivity (Wildman–Crippen MR) is 67.7 cm³/mol. The lowest BCUT2D eigenvalue weighted by Gasteiger charge is -2.31. The number of aliphatic hydroxyl groups is 1. The lowest BCUT2D eigenvalue weighted by Crippen LogP contribution is -2.36. The minimum absolute atomic E-state index is 0. The summed E-state index contributed by atoms with van der Waals surface area (Å²) >= 11 is 0. The first-order chi connectivity index (χ1) is 6.82. The van der Waals surface area contributed by atoms with Gasteiger partial charge >= 0.3 is 0 Å². The normalized spacial score (nSPS) is 15.1. The predicted octanol–water partition coefficient (Wildman–Crippen LogP) is 2.22. The van der Waals surface area contributed by atoms with Gasteiger partial charge in [0.05, 0.1) is 12.1 Å². The molecule has 4 N–H and O–H groups in total. The maximum Gasteiger partial charge on any atom is 0.115 e. The van der Waals surface area contributed by atoms with Crippen LogP contribution in [0, 0.1) is 5.41 Å². The molecule has 1 aromatic rings. The number of phenolic OH excluding ortho intramolecular Hbond substituents is 1. The van der Waals surface area contributed by atoms with Crippen LogP contribution in [0.1, 0.15) is 32.4 Å². The van der Waals surface area contributed by atoms with Gasteiger partial charge in [0.25, 0.3) is 0 Å². The lowest BCUT2D eigenvalue weighted by molar-refractivity contribution is 0.0400. The van der Waals surface area contributed by atoms with Crippen LogP contribution in [0.3, 0.4) is 0 Å². The Kier molecular flexibility index (Phi) is 5.26. The van der Waals surface area contributed by atoms with E-state index in [0.717, 1.165) is 5.56 Å². The van der Waals surface area contributed by atoms with Crippen molar-refractivity contribution in [3.63, 3.8) is 0 Å². The van der Waals surface area contributed by atoms with E-state index in [-0.39, 0.29) is 23.6 Å². The van der Waals surface area contributed by atoms with Gasteiger partial charge in [-0.15, -0.1) is 12.4 Å². The monoisotopic (exact) mass is 245 g/mol. The van der Waals surface area contributed by atoms with Crippen LogP contribution in [0.2, 0.25) is 0 Å². The molecule has 0 bridgehead atoms. The number of aromatic hydroxyl groups is 1. The van der Waals surface area contributed by atoms with Gasteiger partial charge in [-0.25, -0.2) is 0 Å². The van der Waals surface area contributed by atoms with E-state index in [1.807, 2.05) is 20.8 Å². The molecule has 0 aromatic heterocycles. The number of hydrogen-bond donors (Lipinski definition) is 3.